The van der Waals surface area contributed by atoms with Crippen molar-refractivity contribution in [2.45, 2.75) is 31.5 Å². The predicted molar refractivity (Wildman–Crippen MR) is 137 cm³/mol. The second kappa shape index (κ2) is 10.6. The Morgan fingerprint density at radius 1 is 1.06 bits per heavy atom. The van der Waals surface area contributed by atoms with Crippen molar-refractivity contribution in [1.29, 1.82) is 0 Å². The lowest BCUT2D eigenvalue weighted by Crippen LogP contribution is -2.26. The third-order valence-electron chi connectivity index (χ3n) is 5.50. The van der Waals surface area contributed by atoms with Crippen LogP contribution in [-0.4, -0.2) is 28.3 Å². The van der Waals surface area contributed by atoms with Crippen molar-refractivity contribution in [1.82, 2.24) is 14.9 Å². The minimum atomic E-state index is -0.141. The van der Waals surface area contributed by atoms with Gasteiger partial charge < -0.3 is 10.1 Å². The molecule has 0 saturated heterocycles. The summed E-state index contributed by atoms with van der Waals surface area (Å²) < 4.78 is 6.87. The first-order valence-corrected chi connectivity index (χ1v) is 12.1. The van der Waals surface area contributed by atoms with Crippen LogP contribution in [0, 0.1) is 0 Å². The van der Waals surface area contributed by atoms with Crippen molar-refractivity contribution in [3.05, 3.63) is 94.3 Å². The van der Waals surface area contributed by atoms with Gasteiger partial charge >= 0.3 is 0 Å². The van der Waals surface area contributed by atoms with Gasteiger partial charge in [0.2, 0.25) is 5.91 Å². The summed E-state index contributed by atoms with van der Waals surface area (Å²) in [6.07, 6.45) is 0. The van der Waals surface area contributed by atoms with Crippen LogP contribution in [0.1, 0.15) is 30.9 Å². The SMILES string of the molecule is COc1cccc(CNC(=O)CSc2nc3ccccc3c(=O)n2-c2ccccc2C(C)C)c1. The summed E-state index contributed by atoms with van der Waals surface area (Å²) in [5.41, 5.74) is 3.26. The Hall–Kier alpha value is -3.58. The van der Waals surface area contributed by atoms with Crippen LogP contribution in [0.3, 0.4) is 0 Å². The van der Waals surface area contributed by atoms with Gasteiger partial charge in [-0.25, -0.2) is 4.98 Å². The number of para-hydroxylation sites is 2. The van der Waals surface area contributed by atoms with Gasteiger partial charge in [0.05, 0.1) is 29.5 Å². The molecule has 174 valence electrons. The molecule has 0 atom stereocenters. The maximum Gasteiger partial charge on any atom is 0.266 e. The number of carbonyl (C=O) groups excluding carboxylic acids is 1. The fourth-order valence-electron chi connectivity index (χ4n) is 3.77. The van der Waals surface area contributed by atoms with E-state index in [0.29, 0.717) is 22.6 Å². The normalized spacial score (nSPS) is 11.1. The van der Waals surface area contributed by atoms with E-state index in [1.165, 1.54) is 11.8 Å². The molecular formula is C27H27N3O3S. The molecule has 6 nitrogen and oxygen atoms in total. The van der Waals surface area contributed by atoms with Gasteiger partial charge in [0.1, 0.15) is 5.75 Å². The minimum Gasteiger partial charge on any atom is -0.497 e. The van der Waals surface area contributed by atoms with Crippen LogP contribution < -0.4 is 15.6 Å². The first kappa shape index (κ1) is 23.6. The van der Waals surface area contributed by atoms with E-state index in [2.05, 4.69) is 19.2 Å². The van der Waals surface area contributed by atoms with Crippen molar-refractivity contribution >= 4 is 28.6 Å². The molecule has 0 bridgehead atoms. The second-order valence-electron chi connectivity index (χ2n) is 8.18. The molecule has 0 aliphatic carbocycles. The van der Waals surface area contributed by atoms with E-state index in [9.17, 15) is 9.59 Å². The van der Waals surface area contributed by atoms with E-state index in [1.54, 1.807) is 17.7 Å². The number of nitrogens with one attached hydrogen (secondary N) is 1. The van der Waals surface area contributed by atoms with Gasteiger partial charge in [0.15, 0.2) is 5.16 Å². The summed E-state index contributed by atoms with van der Waals surface area (Å²) >= 11 is 1.26. The largest absolute Gasteiger partial charge is 0.497 e. The summed E-state index contributed by atoms with van der Waals surface area (Å²) in [5.74, 6) is 0.963. The van der Waals surface area contributed by atoms with E-state index in [-0.39, 0.29) is 23.1 Å². The fourth-order valence-corrected chi connectivity index (χ4v) is 4.60. The zero-order chi connectivity index (χ0) is 24.1. The highest BCUT2D eigenvalue weighted by atomic mass is 32.2. The maximum atomic E-state index is 13.5. The molecule has 0 unspecified atom stereocenters. The van der Waals surface area contributed by atoms with Crippen molar-refractivity contribution < 1.29 is 9.53 Å². The average molecular weight is 474 g/mol. The minimum absolute atomic E-state index is 0.137. The molecule has 4 rings (SSSR count). The van der Waals surface area contributed by atoms with Gasteiger partial charge in [-0.15, -0.1) is 0 Å². The standard InChI is InChI=1S/C27H27N3O3S/c1-18(2)21-11-5-7-14-24(21)30-26(32)22-12-4-6-13-23(22)29-27(30)34-17-25(31)28-16-19-9-8-10-20(15-19)33-3/h4-15,18H,16-17H2,1-3H3,(H,28,31). The number of ether oxygens (including phenoxy) is 1. The van der Waals surface area contributed by atoms with Gasteiger partial charge in [0.25, 0.3) is 5.56 Å². The topological polar surface area (TPSA) is 73.2 Å². The quantitative estimate of drug-likeness (QED) is 0.290. The third kappa shape index (κ3) is 5.15. The van der Waals surface area contributed by atoms with E-state index in [0.717, 1.165) is 22.6 Å². The highest BCUT2D eigenvalue weighted by molar-refractivity contribution is 7.99. The van der Waals surface area contributed by atoms with Crippen LogP contribution in [0.2, 0.25) is 0 Å². The molecule has 0 aliphatic rings. The zero-order valence-corrected chi connectivity index (χ0v) is 20.3. The average Bonchev–Trinajstić information content (AvgIpc) is 2.86. The van der Waals surface area contributed by atoms with Gasteiger partial charge in [-0.05, 0) is 47.4 Å². The van der Waals surface area contributed by atoms with E-state index in [4.69, 9.17) is 9.72 Å². The van der Waals surface area contributed by atoms with Crippen LogP contribution in [0.4, 0.5) is 0 Å². The predicted octanol–water partition coefficient (Wildman–Crippen LogP) is 4.93. The van der Waals surface area contributed by atoms with Crippen molar-refractivity contribution in [2.24, 2.45) is 0 Å². The Balaban J connectivity index is 1.62. The Morgan fingerprint density at radius 3 is 2.62 bits per heavy atom. The molecule has 7 heteroatoms. The zero-order valence-electron chi connectivity index (χ0n) is 19.4. The van der Waals surface area contributed by atoms with E-state index >= 15 is 0 Å². The van der Waals surface area contributed by atoms with Crippen LogP contribution in [-0.2, 0) is 11.3 Å². The molecule has 1 N–H and O–H groups in total. The van der Waals surface area contributed by atoms with Crippen molar-refractivity contribution in [3.63, 3.8) is 0 Å². The van der Waals surface area contributed by atoms with Gasteiger partial charge in [0, 0.05) is 6.54 Å². The molecule has 3 aromatic carbocycles. The maximum absolute atomic E-state index is 13.5. The molecule has 34 heavy (non-hydrogen) atoms. The number of benzene rings is 3. The summed E-state index contributed by atoms with van der Waals surface area (Å²) in [5, 5.41) is 3.97. The van der Waals surface area contributed by atoms with Crippen LogP contribution in [0.5, 0.6) is 5.75 Å². The highest BCUT2D eigenvalue weighted by Gasteiger charge is 2.18. The smallest absolute Gasteiger partial charge is 0.266 e. The molecule has 0 radical (unpaired) electrons. The first-order chi connectivity index (χ1) is 16.5. The number of fused-ring (bicyclic) bond motifs is 1. The highest BCUT2D eigenvalue weighted by Crippen LogP contribution is 2.27. The lowest BCUT2D eigenvalue weighted by atomic mass is 10.0. The molecule has 0 spiro atoms. The first-order valence-electron chi connectivity index (χ1n) is 11.1. The van der Waals surface area contributed by atoms with Gasteiger partial charge in [-0.2, -0.15) is 0 Å². The Bertz CT molecular complexity index is 1380. The molecule has 0 saturated carbocycles. The summed E-state index contributed by atoms with van der Waals surface area (Å²) in [6, 6.07) is 22.7. The van der Waals surface area contributed by atoms with Crippen LogP contribution >= 0.6 is 11.8 Å². The summed E-state index contributed by atoms with van der Waals surface area (Å²) in [4.78, 5) is 30.9. The summed E-state index contributed by atoms with van der Waals surface area (Å²) in [7, 11) is 1.61. The van der Waals surface area contributed by atoms with E-state index < -0.39 is 0 Å². The number of thioether (sulfide) groups is 1. The number of rotatable bonds is 8. The number of amides is 1. The lowest BCUT2D eigenvalue weighted by molar-refractivity contribution is -0.118. The molecule has 1 amide bonds. The van der Waals surface area contributed by atoms with Gasteiger partial charge in [-0.1, -0.05) is 68.1 Å². The van der Waals surface area contributed by atoms with Crippen molar-refractivity contribution in [2.75, 3.05) is 12.9 Å². The Morgan fingerprint density at radius 2 is 1.82 bits per heavy atom. The Kier molecular flexibility index (Phi) is 7.33. The number of hydrogen-bond donors (Lipinski definition) is 1. The molecule has 0 fully saturated rings. The third-order valence-corrected chi connectivity index (χ3v) is 6.44. The van der Waals surface area contributed by atoms with Crippen molar-refractivity contribution in [3.8, 4) is 11.4 Å². The monoisotopic (exact) mass is 473 g/mol. The number of methoxy groups -OCH3 is 1. The molecule has 1 heterocycles. The molecule has 0 aliphatic heterocycles. The number of hydrogen-bond acceptors (Lipinski definition) is 5. The lowest BCUT2D eigenvalue weighted by Gasteiger charge is -2.18. The molecule has 4 aromatic rings. The fraction of sp³-hybridized carbons (Fsp3) is 0.222. The second-order valence-corrected chi connectivity index (χ2v) is 9.13. The molecular weight excluding hydrogens is 446 g/mol. The number of carbonyl (C=O) groups is 1. The molecule has 1 aromatic heterocycles. The van der Waals surface area contributed by atoms with E-state index in [1.807, 2.05) is 66.7 Å². The number of nitrogens with zero attached hydrogens (tertiary/aromatic N) is 2. The number of aromatic nitrogens is 2. The Labute approximate surface area is 203 Å². The van der Waals surface area contributed by atoms with Crippen LogP contribution in [0.15, 0.2) is 82.7 Å². The summed E-state index contributed by atoms with van der Waals surface area (Å²) in [6.45, 7) is 4.58. The van der Waals surface area contributed by atoms with Crippen LogP contribution in [0.25, 0.3) is 16.6 Å². The van der Waals surface area contributed by atoms with Gasteiger partial charge in [-0.3, -0.25) is 14.2 Å².